The molecule has 0 radical (unpaired) electrons. The van der Waals surface area contributed by atoms with E-state index in [2.05, 4.69) is 20.6 Å². The molecule has 0 spiro atoms. The molecule has 1 unspecified atom stereocenters. The molecule has 3 aromatic heterocycles. The Morgan fingerprint density at radius 1 is 1.15 bits per heavy atom. The minimum Gasteiger partial charge on any atom is -0.360 e. The summed E-state index contributed by atoms with van der Waals surface area (Å²) in [5.41, 5.74) is 0.624. The maximum atomic E-state index is 13.3. The van der Waals surface area contributed by atoms with Gasteiger partial charge in [-0.2, -0.15) is 9.29 Å². The zero-order valence-corrected chi connectivity index (χ0v) is 19.8. The highest BCUT2D eigenvalue weighted by Gasteiger charge is 2.35. The van der Waals surface area contributed by atoms with E-state index in [1.54, 1.807) is 24.4 Å². The number of amides is 1. The van der Waals surface area contributed by atoms with Crippen LogP contribution in [0.15, 0.2) is 30.8 Å². The Bertz CT molecular complexity index is 1240. The van der Waals surface area contributed by atoms with E-state index in [1.807, 2.05) is 0 Å². The molecule has 4 heterocycles. The summed E-state index contributed by atoms with van der Waals surface area (Å²) in [4.78, 5) is 17.1. The fourth-order valence-corrected chi connectivity index (χ4v) is 7.25. The van der Waals surface area contributed by atoms with E-state index >= 15 is 0 Å². The molecule has 12 heteroatoms. The van der Waals surface area contributed by atoms with E-state index < -0.39 is 15.9 Å². The minimum absolute atomic E-state index is 0.117. The van der Waals surface area contributed by atoms with Gasteiger partial charge in [0.25, 0.3) is 10.0 Å². The molecule has 1 atom stereocenters. The smallest absolute Gasteiger partial charge is 0.252 e. The van der Waals surface area contributed by atoms with E-state index in [9.17, 15) is 13.2 Å². The SMILES string of the molecule is Cc1cc(NC(=O)C2CCCN(S(=O)(=O)c3cc(-c4noc(C5CCCC5)n4)cs3)C2)no1. The summed E-state index contributed by atoms with van der Waals surface area (Å²) in [5.74, 6) is 1.53. The molecule has 3 aromatic rings. The first-order valence-corrected chi connectivity index (χ1v) is 13.4. The molecule has 176 valence electrons. The number of rotatable bonds is 6. The highest BCUT2D eigenvalue weighted by atomic mass is 32.2. The first kappa shape index (κ1) is 22.2. The lowest BCUT2D eigenvalue weighted by molar-refractivity contribution is -0.120. The molecule has 1 aliphatic carbocycles. The van der Waals surface area contributed by atoms with Crippen molar-refractivity contribution in [1.29, 1.82) is 0 Å². The standard InChI is InChI=1S/C21H25N5O5S2/c1-13-9-17(24-30-13)22-20(27)15-7-4-8-26(11-15)33(28,29)18-10-16(12-32-18)19-23-21(31-25-19)14-5-2-3-6-14/h9-10,12,14-15H,2-8,11H2,1H3,(H,22,24,27). The van der Waals surface area contributed by atoms with Gasteiger partial charge >= 0.3 is 0 Å². The highest BCUT2D eigenvalue weighted by Crippen LogP contribution is 2.35. The van der Waals surface area contributed by atoms with Crippen LogP contribution in [0.5, 0.6) is 0 Å². The van der Waals surface area contributed by atoms with E-state index in [1.165, 1.54) is 4.31 Å². The van der Waals surface area contributed by atoms with Gasteiger partial charge in [-0.15, -0.1) is 11.3 Å². The Morgan fingerprint density at radius 3 is 2.73 bits per heavy atom. The van der Waals surface area contributed by atoms with E-state index in [0.29, 0.717) is 54.2 Å². The summed E-state index contributed by atoms with van der Waals surface area (Å²) in [6.45, 7) is 2.22. The minimum atomic E-state index is -3.74. The third kappa shape index (κ3) is 4.59. The van der Waals surface area contributed by atoms with Crippen LogP contribution in [-0.4, -0.2) is 47.0 Å². The van der Waals surface area contributed by atoms with Gasteiger partial charge in [-0.1, -0.05) is 23.2 Å². The van der Waals surface area contributed by atoms with Crippen LogP contribution in [0.25, 0.3) is 11.4 Å². The van der Waals surface area contributed by atoms with Crippen LogP contribution in [0.1, 0.15) is 56.1 Å². The molecule has 1 amide bonds. The molecule has 1 saturated heterocycles. The van der Waals surface area contributed by atoms with Crippen molar-refractivity contribution in [2.75, 3.05) is 18.4 Å². The molecule has 2 aliphatic rings. The Labute approximate surface area is 195 Å². The number of piperidine rings is 1. The highest BCUT2D eigenvalue weighted by molar-refractivity contribution is 7.91. The number of carbonyl (C=O) groups excluding carboxylic acids is 1. The zero-order chi connectivity index (χ0) is 23.0. The Balaban J connectivity index is 1.28. The van der Waals surface area contributed by atoms with Gasteiger partial charge in [0.2, 0.25) is 17.6 Å². The van der Waals surface area contributed by atoms with Crippen LogP contribution in [-0.2, 0) is 14.8 Å². The molecular weight excluding hydrogens is 466 g/mol. The fraction of sp³-hybridized carbons (Fsp3) is 0.524. The predicted octanol–water partition coefficient (Wildman–Crippen LogP) is 3.79. The number of hydrogen-bond donors (Lipinski definition) is 1. The van der Waals surface area contributed by atoms with Gasteiger partial charge in [0.1, 0.15) is 9.97 Å². The normalized spacial score (nSPS) is 20.3. The van der Waals surface area contributed by atoms with Crippen LogP contribution < -0.4 is 5.32 Å². The van der Waals surface area contributed by atoms with Crippen LogP contribution in [0.2, 0.25) is 0 Å². The topological polar surface area (TPSA) is 131 Å². The van der Waals surface area contributed by atoms with Crippen LogP contribution in [0.4, 0.5) is 5.82 Å². The summed E-state index contributed by atoms with van der Waals surface area (Å²) in [6, 6.07) is 3.21. The maximum Gasteiger partial charge on any atom is 0.252 e. The second-order valence-electron chi connectivity index (χ2n) is 8.61. The van der Waals surface area contributed by atoms with Crippen molar-refractivity contribution < 1.29 is 22.3 Å². The number of hydrogen-bond acceptors (Lipinski definition) is 9. The lowest BCUT2D eigenvalue weighted by atomic mass is 9.99. The molecule has 1 saturated carbocycles. The molecule has 2 fully saturated rings. The van der Waals surface area contributed by atoms with Crippen molar-refractivity contribution in [3.8, 4) is 11.4 Å². The number of carbonyl (C=O) groups is 1. The summed E-state index contributed by atoms with van der Waals surface area (Å²) >= 11 is 1.13. The van der Waals surface area contributed by atoms with Crippen molar-refractivity contribution >= 4 is 33.1 Å². The Hall–Kier alpha value is -2.57. The monoisotopic (exact) mass is 491 g/mol. The number of aromatic nitrogens is 3. The van der Waals surface area contributed by atoms with Crippen molar-refractivity contribution in [2.24, 2.45) is 5.92 Å². The first-order chi connectivity index (χ1) is 15.9. The third-order valence-electron chi connectivity index (χ3n) is 6.21. The molecule has 33 heavy (non-hydrogen) atoms. The van der Waals surface area contributed by atoms with Gasteiger partial charge in [0.15, 0.2) is 5.82 Å². The molecule has 0 bridgehead atoms. The average Bonchev–Trinajstić information content (AvgIpc) is 3.60. The average molecular weight is 492 g/mol. The Morgan fingerprint density at radius 2 is 1.97 bits per heavy atom. The van der Waals surface area contributed by atoms with Crippen LogP contribution >= 0.6 is 11.3 Å². The van der Waals surface area contributed by atoms with Gasteiger partial charge in [-0.3, -0.25) is 4.79 Å². The zero-order valence-electron chi connectivity index (χ0n) is 18.2. The quantitative estimate of drug-likeness (QED) is 0.551. The number of anilines is 1. The van der Waals surface area contributed by atoms with Gasteiger partial charge in [0.05, 0.1) is 5.92 Å². The van der Waals surface area contributed by atoms with Gasteiger partial charge in [-0.25, -0.2) is 8.42 Å². The summed E-state index contributed by atoms with van der Waals surface area (Å²) in [6.07, 6.45) is 5.63. The summed E-state index contributed by atoms with van der Waals surface area (Å²) < 4.78 is 38.6. The van der Waals surface area contributed by atoms with Crippen molar-refractivity contribution in [2.45, 2.75) is 55.6 Å². The van der Waals surface area contributed by atoms with Crippen molar-refractivity contribution in [3.63, 3.8) is 0 Å². The number of sulfonamides is 1. The second-order valence-corrected chi connectivity index (χ2v) is 11.7. The van der Waals surface area contributed by atoms with Crippen molar-refractivity contribution in [1.82, 2.24) is 19.6 Å². The Kier molecular flexibility index (Phi) is 6.06. The fourth-order valence-electron chi connectivity index (χ4n) is 4.42. The predicted molar refractivity (Wildman–Crippen MR) is 120 cm³/mol. The number of nitrogens with zero attached hydrogens (tertiary/aromatic N) is 4. The van der Waals surface area contributed by atoms with E-state index in [0.717, 1.165) is 37.0 Å². The molecule has 1 aliphatic heterocycles. The number of aryl methyl sites for hydroxylation is 1. The number of nitrogens with one attached hydrogen (secondary N) is 1. The molecular formula is C21H25N5O5S2. The van der Waals surface area contributed by atoms with E-state index in [-0.39, 0.29) is 16.7 Å². The van der Waals surface area contributed by atoms with E-state index in [4.69, 9.17) is 9.05 Å². The lowest BCUT2D eigenvalue weighted by Crippen LogP contribution is -2.43. The van der Waals surface area contributed by atoms with Crippen LogP contribution in [0.3, 0.4) is 0 Å². The van der Waals surface area contributed by atoms with Gasteiger partial charge in [0, 0.05) is 36.0 Å². The first-order valence-electron chi connectivity index (χ1n) is 11.1. The second kappa shape index (κ2) is 8.99. The number of thiophene rings is 1. The molecule has 1 N–H and O–H groups in total. The molecule has 0 aromatic carbocycles. The van der Waals surface area contributed by atoms with Crippen molar-refractivity contribution in [3.05, 3.63) is 29.2 Å². The lowest BCUT2D eigenvalue weighted by Gasteiger charge is -2.30. The molecule has 10 nitrogen and oxygen atoms in total. The van der Waals surface area contributed by atoms with Crippen LogP contribution in [0, 0.1) is 12.8 Å². The summed E-state index contributed by atoms with van der Waals surface area (Å²) in [7, 11) is -3.74. The summed E-state index contributed by atoms with van der Waals surface area (Å²) in [5, 5.41) is 12.3. The largest absolute Gasteiger partial charge is 0.360 e. The molecule has 5 rings (SSSR count). The third-order valence-corrected chi connectivity index (χ3v) is 9.49. The maximum absolute atomic E-state index is 13.3. The van der Waals surface area contributed by atoms with Gasteiger partial charge < -0.3 is 14.4 Å². The van der Waals surface area contributed by atoms with Gasteiger partial charge in [-0.05, 0) is 38.7 Å².